The Labute approximate surface area is 112 Å². The second-order valence-electron chi connectivity index (χ2n) is 5.52. The third-order valence-corrected chi connectivity index (χ3v) is 5.25. The van der Waals surface area contributed by atoms with Gasteiger partial charge in [-0.15, -0.1) is 11.3 Å². The first-order chi connectivity index (χ1) is 8.81. The van der Waals surface area contributed by atoms with E-state index >= 15 is 0 Å². The summed E-state index contributed by atoms with van der Waals surface area (Å²) >= 11 is 1.84. The van der Waals surface area contributed by atoms with Crippen LogP contribution in [0, 0.1) is 5.41 Å². The van der Waals surface area contributed by atoms with Crippen molar-refractivity contribution in [3.05, 3.63) is 29.3 Å². The molecule has 1 aliphatic rings. The van der Waals surface area contributed by atoms with Crippen LogP contribution in [0.25, 0.3) is 10.2 Å². The highest BCUT2D eigenvalue weighted by atomic mass is 32.1. The zero-order chi connectivity index (χ0) is 12.4. The van der Waals surface area contributed by atoms with Gasteiger partial charge in [-0.3, -0.25) is 0 Å². The number of aromatic nitrogens is 1. The maximum Gasteiger partial charge on any atom is 0.0944 e. The summed E-state index contributed by atoms with van der Waals surface area (Å²) in [7, 11) is 0. The number of nitrogens with zero attached hydrogens (tertiary/aromatic N) is 1. The maximum atomic E-state index is 6.06. The molecule has 96 valence electrons. The number of para-hydroxylation sites is 1. The third-order valence-electron chi connectivity index (χ3n) is 4.21. The second kappa shape index (κ2) is 4.98. The van der Waals surface area contributed by atoms with E-state index in [1.807, 2.05) is 11.3 Å². The van der Waals surface area contributed by atoms with Gasteiger partial charge in [0, 0.05) is 6.42 Å². The Balaban J connectivity index is 1.85. The quantitative estimate of drug-likeness (QED) is 0.913. The van der Waals surface area contributed by atoms with Crippen LogP contribution in [-0.4, -0.2) is 11.5 Å². The molecule has 2 aromatic rings. The minimum atomic E-state index is 0.326. The van der Waals surface area contributed by atoms with E-state index in [-0.39, 0.29) is 0 Å². The van der Waals surface area contributed by atoms with Gasteiger partial charge in [0.15, 0.2) is 0 Å². The smallest absolute Gasteiger partial charge is 0.0944 e. The summed E-state index contributed by atoms with van der Waals surface area (Å²) in [5, 5.41) is 1.27. The maximum absolute atomic E-state index is 6.06. The third kappa shape index (κ3) is 2.29. The highest BCUT2D eigenvalue weighted by molar-refractivity contribution is 7.18. The second-order valence-corrected chi connectivity index (χ2v) is 6.63. The summed E-state index contributed by atoms with van der Waals surface area (Å²) in [5.74, 6) is 0. The average molecular weight is 260 g/mol. The Bertz CT molecular complexity index is 493. The first-order valence-electron chi connectivity index (χ1n) is 6.86. The van der Waals surface area contributed by atoms with Crippen molar-refractivity contribution >= 4 is 21.6 Å². The predicted molar refractivity (Wildman–Crippen MR) is 77.9 cm³/mol. The molecule has 0 unspecified atom stereocenters. The number of thiazole rings is 1. The monoisotopic (exact) mass is 260 g/mol. The van der Waals surface area contributed by atoms with Crippen LogP contribution in [-0.2, 0) is 6.42 Å². The van der Waals surface area contributed by atoms with E-state index in [9.17, 15) is 0 Å². The molecule has 1 saturated carbocycles. The largest absolute Gasteiger partial charge is 0.330 e. The normalized spacial score (nSPS) is 19.2. The van der Waals surface area contributed by atoms with Gasteiger partial charge in [0.25, 0.3) is 0 Å². The predicted octanol–water partition coefficient (Wildman–Crippen LogP) is 3.75. The van der Waals surface area contributed by atoms with Crippen molar-refractivity contribution in [1.29, 1.82) is 0 Å². The van der Waals surface area contributed by atoms with Crippen molar-refractivity contribution in [3.63, 3.8) is 0 Å². The number of fused-ring (bicyclic) bond motifs is 1. The molecule has 3 rings (SSSR count). The molecule has 1 aromatic carbocycles. The topological polar surface area (TPSA) is 38.9 Å². The minimum Gasteiger partial charge on any atom is -0.330 e. The molecule has 2 nitrogen and oxygen atoms in total. The minimum absolute atomic E-state index is 0.326. The van der Waals surface area contributed by atoms with Gasteiger partial charge in [-0.05, 0) is 36.9 Å². The van der Waals surface area contributed by atoms with Crippen molar-refractivity contribution in [3.8, 4) is 0 Å². The highest BCUT2D eigenvalue weighted by Gasteiger charge is 2.31. The van der Waals surface area contributed by atoms with Crippen molar-refractivity contribution in [2.24, 2.45) is 11.1 Å². The number of hydrogen-bond donors (Lipinski definition) is 1. The van der Waals surface area contributed by atoms with Crippen LogP contribution in [0.2, 0.25) is 0 Å². The Morgan fingerprint density at radius 2 is 1.94 bits per heavy atom. The van der Waals surface area contributed by atoms with E-state index < -0.39 is 0 Å². The van der Waals surface area contributed by atoms with Gasteiger partial charge in [0.05, 0.1) is 15.2 Å². The van der Waals surface area contributed by atoms with E-state index in [0.717, 1.165) is 18.5 Å². The lowest BCUT2D eigenvalue weighted by atomic mass is 9.72. The average Bonchev–Trinajstić information content (AvgIpc) is 2.81. The van der Waals surface area contributed by atoms with E-state index in [2.05, 4.69) is 24.3 Å². The van der Waals surface area contributed by atoms with Gasteiger partial charge >= 0.3 is 0 Å². The van der Waals surface area contributed by atoms with Crippen molar-refractivity contribution < 1.29 is 0 Å². The van der Waals surface area contributed by atoms with Gasteiger partial charge in [0.1, 0.15) is 0 Å². The summed E-state index contributed by atoms with van der Waals surface area (Å²) in [6.45, 7) is 0.808. The molecule has 0 spiro atoms. The molecule has 3 heteroatoms. The van der Waals surface area contributed by atoms with Crippen LogP contribution in [0.3, 0.4) is 0 Å². The summed E-state index contributed by atoms with van der Waals surface area (Å²) in [6, 6.07) is 8.41. The summed E-state index contributed by atoms with van der Waals surface area (Å²) in [6.07, 6.45) is 7.67. The standard InChI is InChI=1S/C15H20N2S/c16-11-15(8-4-1-5-9-15)10-14-17-12-6-2-3-7-13(12)18-14/h2-3,6-7H,1,4-5,8-11,16H2. The number of nitrogens with two attached hydrogens (primary N) is 1. The van der Waals surface area contributed by atoms with Gasteiger partial charge in [-0.2, -0.15) is 0 Å². The molecule has 0 saturated heterocycles. The Kier molecular flexibility index (Phi) is 3.35. The molecule has 1 fully saturated rings. The first-order valence-corrected chi connectivity index (χ1v) is 7.68. The van der Waals surface area contributed by atoms with E-state index in [4.69, 9.17) is 10.7 Å². The van der Waals surface area contributed by atoms with Gasteiger partial charge < -0.3 is 5.73 Å². The molecule has 18 heavy (non-hydrogen) atoms. The fraction of sp³-hybridized carbons (Fsp3) is 0.533. The number of hydrogen-bond acceptors (Lipinski definition) is 3. The first kappa shape index (κ1) is 12.1. The number of benzene rings is 1. The SMILES string of the molecule is NCC1(Cc2nc3ccccc3s2)CCCCC1. The lowest BCUT2D eigenvalue weighted by molar-refractivity contribution is 0.197. The van der Waals surface area contributed by atoms with Crippen LogP contribution >= 0.6 is 11.3 Å². The molecule has 0 atom stereocenters. The van der Waals surface area contributed by atoms with Crippen molar-refractivity contribution in [2.75, 3.05) is 6.54 Å². The Morgan fingerprint density at radius 1 is 1.17 bits per heavy atom. The molecular formula is C15H20N2S. The number of rotatable bonds is 3. The molecule has 1 aromatic heterocycles. The van der Waals surface area contributed by atoms with Crippen LogP contribution in [0.5, 0.6) is 0 Å². The van der Waals surface area contributed by atoms with E-state index in [1.54, 1.807) is 0 Å². The van der Waals surface area contributed by atoms with E-state index in [1.165, 1.54) is 41.8 Å². The summed E-state index contributed by atoms with van der Waals surface area (Å²) < 4.78 is 1.30. The molecule has 0 bridgehead atoms. The molecule has 0 aliphatic heterocycles. The molecule has 0 amide bonds. The van der Waals surface area contributed by atoms with Crippen molar-refractivity contribution in [2.45, 2.75) is 38.5 Å². The van der Waals surface area contributed by atoms with Crippen LogP contribution in [0.15, 0.2) is 24.3 Å². The zero-order valence-corrected chi connectivity index (χ0v) is 11.5. The van der Waals surface area contributed by atoms with Gasteiger partial charge in [-0.1, -0.05) is 31.4 Å². The molecule has 2 N–H and O–H groups in total. The molecule has 0 radical (unpaired) electrons. The van der Waals surface area contributed by atoms with E-state index in [0.29, 0.717) is 5.41 Å². The summed E-state index contributed by atoms with van der Waals surface area (Å²) in [5.41, 5.74) is 7.52. The zero-order valence-electron chi connectivity index (χ0n) is 10.7. The summed E-state index contributed by atoms with van der Waals surface area (Å²) in [4.78, 5) is 4.76. The highest BCUT2D eigenvalue weighted by Crippen LogP contribution is 2.39. The van der Waals surface area contributed by atoms with Gasteiger partial charge in [0.2, 0.25) is 0 Å². The van der Waals surface area contributed by atoms with Crippen molar-refractivity contribution in [1.82, 2.24) is 4.98 Å². The Morgan fingerprint density at radius 3 is 2.67 bits per heavy atom. The van der Waals surface area contributed by atoms with Gasteiger partial charge in [-0.25, -0.2) is 4.98 Å². The van der Waals surface area contributed by atoms with Crippen LogP contribution < -0.4 is 5.73 Å². The van der Waals surface area contributed by atoms with Crippen LogP contribution in [0.4, 0.5) is 0 Å². The lowest BCUT2D eigenvalue weighted by Crippen LogP contribution is -2.34. The lowest BCUT2D eigenvalue weighted by Gasteiger charge is -2.35. The molecular weight excluding hydrogens is 240 g/mol. The van der Waals surface area contributed by atoms with Crippen LogP contribution in [0.1, 0.15) is 37.1 Å². The molecule has 1 aliphatic carbocycles. The Hall–Kier alpha value is -0.930. The molecule has 1 heterocycles. The fourth-order valence-corrected chi connectivity index (χ4v) is 4.21. The fourth-order valence-electron chi connectivity index (χ4n) is 3.07.